The van der Waals surface area contributed by atoms with Gasteiger partial charge in [-0.25, -0.2) is 15.0 Å². The third-order valence-corrected chi connectivity index (χ3v) is 6.33. The molecule has 0 spiro atoms. The van der Waals surface area contributed by atoms with Crippen LogP contribution in [0, 0.1) is 5.92 Å². The summed E-state index contributed by atoms with van der Waals surface area (Å²) < 4.78 is 0. The van der Waals surface area contributed by atoms with E-state index in [4.69, 9.17) is 0 Å². The predicted octanol–water partition coefficient (Wildman–Crippen LogP) is 3.97. The van der Waals surface area contributed by atoms with Crippen LogP contribution in [-0.4, -0.2) is 33.0 Å². The van der Waals surface area contributed by atoms with Gasteiger partial charge in [0.05, 0.1) is 6.54 Å². The van der Waals surface area contributed by atoms with Gasteiger partial charge >= 0.3 is 0 Å². The maximum absolute atomic E-state index is 13.3. The van der Waals surface area contributed by atoms with Crippen molar-refractivity contribution in [3.8, 4) is 0 Å². The zero-order valence-corrected chi connectivity index (χ0v) is 19.3. The number of hydrogen-bond donors (Lipinski definition) is 3. The van der Waals surface area contributed by atoms with Crippen LogP contribution in [0.4, 0.5) is 5.82 Å². The second-order valence-electron chi connectivity index (χ2n) is 8.71. The van der Waals surface area contributed by atoms with Crippen molar-refractivity contribution in [2.24, 2.45) is 10.9 Å². The summed E-state index contributed by atoms with van der Waals surface area (Å²) in [6.45, 7) is 0.619. The predicted molar refractivity (Wildman–Crippen MR) is 134 cm³/mol. The summed E-state index contributed by atoms with van der Waals surface area (Å²) >= 11 is 0. The van der Waals surface area contributed by atoms with Crippen molar-refractivity contribution < 1.29 is 9.59 Å². The fourth-order valence-electron chi connectivity index (χ4n) is 4.54. The second-order valence-corrected chi connectivity index (χ2v) is 8.71. The van der Waals surface area contributed by atoms with Gasteiger partial charge in [-0.2, -0.15) is 0 Å². The first kappa shape index (κ1) is 22.7. The fourth-order valence-corrected chi connectivity index (χ4v) is 4.54. The molecule has 2 aliphatic rings. The van der Waals surface area contributed by atoms with E-state index >= 15 is 0 Å². The van der Waals surface area contributed by atoms with Crippen molar-refractivity contribution in [1.29, 1.82) is 0 Å². The lowest BCUT2D eigenvalue weighted by atomic mass is 9.90. The van der Waals surface area contributed by atoms with E-state index in [2.05, 4.69) is 31.2 Å². The number of carbonyl (C=O) groups is 2. The Balaban J connectivity index is 1.37. The molecule has 1 aliphatic carbocycles. The van der Waals surface area contributed by atoms with Gasteiger partial charge < -0.3 is 10.7 Å². The lowest BCUT2D eigenvalue weighted by Crippen LogP contribution is -2.34. The molecule has 35 heavy (non-hydrogen) atoms. The molecule has 1 aromatic heterocycles. The maximum Gasteiger partial charge on any atom is 0.299 e. The molecule has 1 aliphatic heterocycles. The highest BCUT2D eigenvalue weighted by molar-refractivity contribution is 6.14. The van der Waals surface area contributed by atoms with Crippen molar-refractivity contribution in [2.45, 2.75) is 38.6 Å². The first-order chi connectivity index (χ1) is 17.2. The zero-order valence-electron chi connectivity index (χ0n) is 19.3. The minimum absolute atomic E-state index is 0.0354. The van der Waals surface area contributed by atoms with Crippen LogP contribution in [0.2, 0.25) is 0 Å². The van der Waals surface area contributed by atoms with Gasteiger partial charge in [-0.1, -0.05) is 49.6 Å². The molecule has 3 N–H and O–H groups in total. The van der Waals surface area contributed by atoms with E-state index in [1.165, 1.54) is 18.8 Å². The quantitative estimate of drug-likeness (QED) is 0.468. The fraction of sp³-hybridized carbons (Fsp3) is 0.269. The highest BCUT2D eigenvalue weighted by Crippen LogP contribution is 2.26. The molecule has 5 rings (SSSR count). The first-order valence-electron chi connectivity index (χ1n) is 11.8. The van der Waals surface area contributed by atoms with Gasteiger partial charge in [0.25, 0.3) is 11.8 Å². The van der Waals surface area contributed by atoms with Gasteiger partial charge in [0.1, 0.15) is 0 Å². The minimum atomic E-state index is -0.501. The number of rotatable bonds is 6. The van der Waals surface area contributed by atoms with E-state index < -0.39 is 5.91 Å². The van der Waals surface area contributed by atoms with Gasteiger partial charge in [0, 0.05) is 36.6 Å². The Hall–Kier alpha value is -4.11. The molecule has 1 saturated carbocycles. The summed E-state index contributed by atoms with van der Waals surface area (Å²) in [5, 5.41) is 6.47. The van der Waals surface area contributed by atoms with E-state index in [1.54, 1.807) is 12.3 Å². The molecular formula is C26H27N7O2. The van der Waals surface area contributed by atoms with Crippen molar-refractivity contribution in [2.75, 3.05) is 5.32 Å². The number of hydrazine groups is 2. The van der Waals surface area contributed by atoms with Gasteiger partial charge in [0.15, 0.2) is 11.5 Å². The number of nitrogens with one attached hydrogen (secondary N) is 3. The summed E-state index contributed by atoms with van der Waals surface area (Å²) in [4.78, 5) is 38.6. The summed E-state index contributed by atoms with van der Waals surface area (Å²) in [7, 11) is 0. The summed E-state index contributed by atoms with van der Waals surface area (Å²) in [5.74, 6) is -0.443. The normalized spacial score (nSPS) is 16.1. The zero-order chi connectivity index (χ0) is 24.0. The van der Waals surface area contributed by atoms with Gasteiger partial charge in [-0.3, -0.25) is 14.6 Å². The van der Waals surface area contributed by atoms with Crippen LogP contribution in [0.3, 0.4) is 0 Å². The molecule has 1 fully saturated rings. The van der Waals surface area contributed by atoms with E-state index in [1.807, 2.05) is 47.7 Å². The minimum Gasteiger partial charge on any atom is -0.310 e. The lowest BCUT2D eigenvalue weighted by molar-refractivity contribution is 0.0998. The van der Waals surface area contributed by atoms with Gasteiger partial charge in [0.2, 0.25) is 0 Å². The molecule has 2 aromatic carbocycles. The molecule has 3 aromatic rings. The van der Waals surface area contributed by atoms with Crippen LogP contribution in [-0.2, 0) is 6.54 Å². The maximum atomic E-state index is 13.3. The lowest BCUT2D eigenvalue weighted by Gasteiger charge is -2.18. The Kier molecular flexibility index (Phi) is 6.76. The molecule has 0 bridgehead atoms. The Bertz CT molecular complexity index is 1300. The molecule has 178 valence electrons. The summed E-state index contributed by atoms with van der Waals surface area (Å²) in [5.41, 5.74) is 7.53. The van der Waals surface area contributed by atoms with Crippen molar-refractivity contribution in [1.82, 2.24) is 25.9 Å². The number of carbonyl (C=O) groups excluding carboxylic acids is 2. The second kappa shape index (κ2) is 10.4. The third kappa shape index (κ3) is 5.20. The summed E-state index contributed by atoms with van der Waals surface area (Å²) in [6, 6.07) is 11.5. The first-order valence-corrected chi connectivity index (χ1v) is 11.8. The number of nitrogens with zero attached hydrogens (tertiary/aromatic N) is 4. The molecule has 9 heteroatoms. The molecule has 0 atom stereocenters. The molecule has 9 nitrogen and oxygen atoms in total. The number of hydrogen-bond acceptors (Lipinski definition) is 7. The molecule has 2 amide bonds. The van der Waals surface area contributed by atoms with E-state index in [9.17, 15) is 9.59 Å². The van der Waals surface area contributed by atoms with Gasteiger partial charge in [-0.15, -0.1) is 5.53 Å². The van der Waals surface area contributed by atoms with Crippen LogP contribution >= 0.6 is 0 Å². The SMILES string of the molecule is O=C(N=CC1CCCCC1)c1nccnc1NC(=O)c1ccc(CN2C=CNN2)c2ccccc12. The number of fused-ring (bicyclic) bond motifs is 1. The highest BCUT2D eigenvalue weighted by atomic mass is 16.2. The topological polar surface area (TPSA) is 112 Å². The summed E-state index contributed by atoms with van der Waals surface area (Å²) in [6.07, 6.45) is 14.0. The van der Waals surface area contributed by atoms with Crippen LogP contribution in [0.25, 0.3) is 10.8 Å². The Labute approximate surface area is 203 Å². The number of aromatic nitrogens is 2. The molecule has 0 saturated heterocycles. The molecule has 2 heterocycles. The third-order valence-electron chi connectivity index (χ3n) is 6.33. The molecule has 0 radical (unpaired) electrons. The standard InChI is InChI=1S/C26H27N7O2/c34-25(22-11-10-19(17-33-15-14-30-32-33)20-8-4-5-9-21(20)22)31-24-23(27-12-13-28-24)26(35)29-16-18-6-2-1-3-7-18/h4-5,8-16,18,30,32H,1-3,6-7,17H2,(H,28,31,34). The van der Waals surface area contributed by atoms with Gasteiger partial charge in [-0.05, 0) is 41.2 Å². The smallest absolute Gasteiger partial charge is 0.299 e. The van der Waals surface area contributed by atoms with E-state index in [-0.39, 0.29) is 17.4 Å². The molecular weight excluding hydrogens is 442 g/mol. The Morgan fingerprint density at radius 1 is 1.06 bits per heavy atom. The van der Waals surface area contributed by atoms with Crippen molar-refractivity contribution >= 4 is 34.6 Å². The number of benzene rings is 2. The van der Waals surface area contributed by atoms with Crippen molar-refractivity contribution in [3.05, 3.63) is 78.0 Å². The highest BCUT2D eigenvalue weighted by Gasteiger charge is 2.20. The largest absolute Gasteiger partial charge is 0.310 e. The average Bonchev–Trinajstić information content (AvgIpc) is 3.41. The monoisotopic (exact) mass is 469 g/mol. The number of amides is 2. The number of aliphatic imine (C=N–C) groups is 1. The number of anilines is 1. The van der Waals surface area contributed by atoms with Crippen LogP contribution in [0.5, 0.6) is 0 Å². The Morgan fingerprint density at radius 3 is 2.66 bits per heavy atom. The van der Waals surface area contributed by atoms with Crippen molar-refractivity contribution in [3.63, 3.8) is 0 Å². The van der Waals surface area contributed by atoms with E-state index in [0.717, 1.165) is 42.0 Å². The average molecular weight is 470 g/mol. The Morgan fingerprint density at radius 2 is 1.86 bits per heavy atom. The van der Waals surface area contributed by atoms with Crippen LogP contribution in [0.1, 0.15) is 58.5 Å². The molecule has 0 unspecified atom stereocenters. The van der Waals surface area contributed by atoms with Crippen LogP contribution in [0.15, 0.2) is 66.2 Å². The van der Waals surface area contributed by atoms with E-state index in [0.29, 0.717) is 18.0 Å². The van der Waals surface area contributed by atoms with Crippen LogP contribution < -0.4 is 16.3 Å².